The molecule has 2 N–H and O–H groups in total. The van der Waals surface area contributed by atoms with Crippen molar-refractivity contribution in [3.05, 3.63) is 87.6 Å². The second kappa shape index (κ2) is 7.55. The first kappa shape index (κ1) is 17.3. The van der Waals surface area contributed by atoms with Gasteiger partial charge in [-0.05, 0) is 42.5 Å². The Kier molecular flexibility index (Phi) is 5.21. The summed E-state index contributed by atoms with van der Waals surface area (Å²) >= 11 is 9.30. The third-order valence-corrected chi connectivity index (χ3v) is 4.32. The summed E-state index contributed by atoms with van der Waals surface area (Å²) < 4.78 is 2.54. The molecular weight excluding hydrogens is 406 g/mol. The van der Waals surface area contributed by atoms with Crippen LogP contribution in [-0.2, 0) is 0 Å². The SMILES string of the molecule is O=C(NNC(=O)c1ccccc1-n1cccc1)c1cc(Br)ccc1Cl. The van der Waals surface area contributed by atoms with Crippen LogP contribution in [0.3, 0.4) is 0 Å². The Morgan fingerprint density at radius 2 is 1.52 bits per heavy atom. The zero-order valence-electron chi connectivity index (χ0n) is 12.9. The minimum atomic E-state index is -0.502. The number of carbonyl (C=O) groups excluding carboxylic acids is 2. The fourth-order valence-electron chi connectivity index (χ4n) is 2.31. The van der Waals surface area contributed by atoms with Crippen LogP contribution >= 0.6 is 27.5 Å². The molecule has 0 aliphatic heterocycles. The molecule has 0 radical (unpaired) electrons. The van der Waals surface area contributed by atoms with Gasteiger partial charge in [0.15, 0.2) is 0 Å². The van der Waals surface area contributed by atoms with E-state index in [9.17, 15) is 9.59 Å². The maximum Gasteiger partial charge on any atom is 0.271 e. The van der Waals surface area contributed by atoms with Gasteiger partial charge in [-0.15, -0.1) is 0 Å². The quantitative estimate of drug-likeness (QED) is 0.632. The summed E-state index contributed by atoms with van der Waals surface area (Å²) in [5, 5.41) is 0.294. The Hall–Kier alpha value is -2.57. The van der Waals surface area contributed by atoms with Crippen LogP contribution in [-0.4, -0.2) is 16.4 Å². The van der Waals surface area contributed by atoms with E-state index < -0.39 is 11.8 Å². The van der Waals surface area contributed by atoms with Crippen LogP contribution in [0.5, 0.6) is 0 Å². The summed E-state index contributed by atoms with van der Waals surface area (Å²) in [6.07, 6.45) is 3.68. The topological polar surface area (TPSA) is 63.1 Å². The average Bonchev–Trinajstić information content (AvgIpc) is 3.16. The molecule has 1 heterocycles. The first-order valence-electron chi connectivity index (χ1n) is 7.34. The van der Waals surface area contributed by atoms with Crippen molar-refractivity contribution in [2.24, 2.45) is 0 Å². The van der Waals surface area contributed by atoms with E-state index in [4.69, 9.17) is 11.6 Å². The highest BCUT2D eigenvalue weighted by Gasteiger charge is 2.15. The van der Waals surface area contributed by atoms with E-state index in [0.717, 1.165) is 0 Å². The highest BCUT2D eigenvalue weighted by Crippen LogP contribution is 2.20. The van der Waals surface area contributed by atoms with E-state index >= 15 is 0 Å². The van der Waals surface area contributed by atoms with Crippen LogP contribution in [0, 0.1) is 0 Å². The van der Waals surface area contributed by atoms with Gasteiger partial charge in [0.05, 0.1) is 21.8 Å². The summed E-state index contributed by atoms with van der Waals surface area (Å²) in [6, 6.07) is 15.7. The molecule has 0 fully saturated rings. The number of hydrogen-bond donors (Lipinski definition) is 2. The molecule has 0 bridgehead atoms. The van der Waals surface area contributed by atoms with Gasteiger partial charge in [0.2, 0.25) is 0 Å². The number of carbonyl (C=O) groups is 2. The highest BCUT2D eigenvalue weighted by atomic mass is 79.9. The first-order chi connectivity index (χ1) is 12.1. The summed E-state index contributed by atoms with van der Waals surface area (Å²) in [7, 11) is 0. The smallest absolute Gasteiger partial charge is 0.271 e. The zero-order valence-corrected chi connectivity index (χ0v) is 15.2. The standard InChI is InChI=1S/C18H13BrClN3O2/c19-12-7-8-15(20)14(11-12)18(25)22-21-17(24)13-5-1-2-6-16(13)23-9-3-4-10-23/h1-11H,(H,21,24)(H,22,25). The molecule has 25 heavy (non-hydrogen) atoms. The Bertz CT molecular complexity index is 926. The van der Waals surface area contributed by atoms with Crippen LogP contribution in [0.15, 0.2) is 71.5 Å². The lowest BCUT2D eigenvalue weighted by atomic mass is 10.1. The van der Waals surface area contributed by atoms with Gasteiger partial charge in [0.1, 0.15) is 0 Å². The third-order valence-electron chi connectivity index (χ3n) is 3.49. The molecule has 0 spiro atoms. The van der Waals surface area contributed by atoms with Gasteiger partial charge in [-0.25, -0.2) is 0 Å². The monoisotopic (exact) mass is 417 g/mol. The van der Waals surface area contributed by atoms with Gasteiger partial charge in [-0.3, -0.25) is 20.4 Å². The summed E-state index contributed by atoms with van der Waals surface area (Å²) in [4.78, 5) is 24.7. The number of para-hydroxylation sites is 1. The molecule has 0 aliphatic carbocycles. The maximum absolute atomic E-state index is 12.5. The number of halogens is 2. The average molecular weight is 419 g/mol. The van der Waals surface area contributed by atoms with Crippen molar-refractivity contribution < 1.29 is 9.59 Å². The molecule has 0 unspecified atom stereocenters. The molecule has 0 aliphatic rings. The zero-order chi connectivity index (χ0) is 17.8. The van der Waals surface area contributed by atoms with E-state index in [1.54, 1.807) is 30.3 Å². The van der Waals surface area contributed by atoms with E-state index in [0.29, 0.717) is 20.7 Å². The minimum absolute atomic E-state index is 0.259. The molecule has 126 valence electrons. The van der Waals surface area contributed by atoms with E-state index in [1.165, 1.54) is 0 Å². The predicted molar refractivity (Wildman–Crippen MR) is 99.9 cm³/mol. The van der Waals surface area contributed by atoms with Crippen molar-refractivity contribution in [3.8, 4) is 5.69 Å². The number of rotatable bonds is 3. The molecule has 5 nitrogen and oxygen atoms in total. The third kappa shape index (κ3) is 3.92. The molecule has 7 heteroatoms. The fraction of sp³-hybridized carbons (Fsp3) is 0. The first-order valence-corrected chi connectivity index (χ1v) is 8.51. The number of nitrogens with one attached hydrogen (secondary N) is 2. The molecule has 2 aromatic carbocycles. The highest BCUT2D eigenvalue weighted by molar-refractivity contribution is 9.10. The van der Waals surface area contributed by atoms with Gasteiger partial charge in [-0.1, -0.05) is 39.7 Å². The second-order valence-corrected chi connectivity index (χ2v) is 6.46. The lowest BCUT2D eigenvalue weighted by Crippen LogP contribution is -2.42. The van der Waals surface area contributed by atoms with Crippen molar-refractivity contribution in [2.45, 2.75) is 0 Å². The van der Waals surface area contributed by atoms with Crippen molar-refractivity contribution in [1.82, 2.24) is 15.4 Å². The molecule has 0 atom stereocenters. The van der Waals surface area contributed by atoms with Crippen molar-refractivity contribution in [1.29, 1.82) is 0 Å². The van der Waals surface area contributed by atoms with E-state index in [2.05, 4.69) is 26.8 Å². The van der Waals surface area contributed by atoms with Gasteiger partial charge >= 0.3 is 0 Å². The lowest BCUT2D eigenvalue weighted by molar-refractivity contribution is 0.0846. The maximum atomic E-state index is 12.5. The number of amides is 2. The molecule has 1 aromatic heterocycles. The van der Waals surface area contributed by atoms with Crippen LogP contribution < -0.4 is 10.9 Å². The molecule has 0 saturated carbocycles. The molecule has 3 rings (SSSR count). The lowest BCUT2D eigenvalue weighted by Gasteiger charge is -2.12. The van der Waals surface area contributed by atoms with E-state index in [1.807, 2.05) is 41.2 Å². The van der Waals surface area contributed by atoms with Crippen LogP contribution in [0.2, 0.25) is 5.02 Å². The van der Waals surface area contributed by atoms with Gasteiger partial charge < -0.3 is 4.57 Å². The van der Waals surface area contributed by atoms with Crippen molar-refractivity contribution >= 4 is 39.3 Å². The number of aromatic nitrogens is 1. The van der Waals surface area contributed by atoms with Gasteiger partial charge in [-0.2, -0.15) is 0 Å². The molecular formula is C18H13BrClN3O2. The summed E-state index contributed by atoms with van der Waals surface area (Å²) in [5.41, 5.74) is 6.20. The Labute approximate surface area is 157 Å². The summed E-state index contributed by atoms with van der Waals surface area (Å²) in [6.45, 7) is 0. The molecule has 2 amide bonds. The van der Waals surface area contributed by atoms with Crippen molar-refractivity contribution in [2.75, 3.05) is 0 Å². The van der Waals surface area contributed by atoms with Gasteiger partial charge in [0, 0.05) is 16.9 Å². The van der Waals surface area contributed by atoms with Crippen LogP contribution in [0.1, 0.15) is 20.7 Å². The Morgan fingerprint density at radius 1 is 0.880 bits per heavy atom. The molecule has 0 saturated heterocycles. The van der Waals surface area contributed by atoms with Crippen molar-refractivity contribution in [3.63, 3.8) is 0 Å². The number of hydrogen-bond acceptors (Lipinski definition) is 2. The van der Waals surface area contributed by atoms with Gasteiger partial charge in [0.25, 0.3) is 11.8 Å². The minimum Gasteiger partial charge on any atom is -0.323 e. The normalized spacial score (nSPS) is 10.3. The number of benzene rings is 2. The Morgan fingerprint density at radius 3 is 2.24 bits per heavy atom. The number of hydrazine groups is 1. The van der Waals surface area contributed by atoms with Crippen LogP contribution in [0.25, 0.3) is 5.69 Å². The largest absolute Gasteiger partial charge is 0.323 e. The summed E-state index contributed by atoms with van der Waals surface area (Å²) in [5.74, 6) is -0.929. The molecule has 3 aromatic rings. The second-order valence-electron chi connectivity index (χ2n) is 5.14. The fourth-order valence-corrected chi connectivity index (χ4v) is 2.87. The number of nitrogens with zero attached hydrogens (tertiary/aromatic N) is 1. The van der Waals surface area contributed by atoms with Crippen LogP contribution in [0.4, 0.5) is 0 Å². The predicted octanol–water partition coefficient (Wildman–Crippen LogP) is 3.97. The van der Waals surface area contributed by atoms with E-state index in [-0.39, 0.29) is 5.56 Å². The Balaban J connectivity index is 1.76.